The van der Waals surface area contributed by atoms with E-state index in [9.17, 15) is 0 Å². The van der Waals surface area contributed by atoms with E-state index in [-0.39, 0.29) is 0 Å². The second-order valence-corrected chi connectivity index (χ2v) is 5.35. The zero-order valence-corrected chi connectivity index (χ0v) is 13.4. The van der Waals surface area contributed by atoms with Crippen LogP contribution in [-0.4, -0.2) is 27.7 Å². The van der Waals surface area contributed by atoms with Crippen molar-refractivity contribution < 1.29 is 9.47 Å². The molecule has 0 fully saturated rings. The number of hydrogen-bond donors (Lipinski definition) is 1. The van der Waals surface area contributed by atoms with Crippen molar-refractivity contribution in [1.29, 1.82) is 0 Å². The summed E-state index contributed by atoms with van der Waals surface area (Å²) in [6.45, 7) is 0.456. The van der Waals surface area contributed by atoms with Gasteiger partial charge in [0.2, 0.25) is 5.82 Å². The molecule has 1 N–H and O–H groups in total. The first-order valence-corrected chi connectivity index (χ1v) is 7.35. The zero-order chi connectivity index (χ0) is 15.4. The largest absolute Gasteiger partial charge is 0.493 e. The Hall–Kier alpha value is -2.41. The minimum atomic E-state index is 0.456. The summed E-state index contributed by atoms with van der Waals surface area (Å²) in [6.07, 6.45) is 0. The maximum Gasteiger partial charge on any atom is 0.204 e. The maximum absolute atomic E-state index is 5.88. The number of halogens is 1. The van der Waals surface area contributed by atoms with Crippen LogP contribution in [0.3, 0.4) is 0 Å². The van der Waals surface area contributed by atoms with Crippen LogP contribution < -0.4 is 9.47 Å². The summed E-state index contributed by atoms with van der Waals surface area (Å²) in [4.78, 5) is 0. The smallest absolute Gasteiger partial charge is 0.204 e. The Morgan fingerprint density at radius 2 is 2.00 bits per heavy atom. The number of benzene rings is 2. The van der Waals surface area contributed by atoms with E-state index in [0.717, 1.165) is 15.6 Å². The molecule has 0 spiro atoms. The van der Waals surface area contributed by atoms with Crippen molar-refractivity contribution in [3.63, 3.8) is 0 Å². The van der Waals surface area contributed by atoms with E-state index < -0.39 is 0 Å². The summed E-state index contributed by atoms with van der Waals surface area (Å²) in [5.41, 5.74) is 1.86. The van der Waals surface area contributed by atoms with E-state index in [1.807, 2.05) is 42.5 Å². The molecule has 0 saturated heterocycles. The Kier molecular flexibility index (Phi) is 4.34. The van der Waals surface area contributed by atoms with Crippen molar-refractivity contribution in [3.05, 3.63) is 52.5 Å². The van der Waals surface area contributed by atoms with Crippen LogP contribution in [0.15, 0.2) is 46.9 Å². The van der Waals surface area contributed by atoms with Crippen molar-refractivity contribution >= 4 is 15.9 Å². The van der Waals surface area contributed by atoms with Crippen LogP contribution in [0.4, 0.5) is 0 Å². The predicted molar refractivity (Wildman–Crippen MR) is 84.6 cm³/mol. The zero-order valence-electron chi connectivity index (χ0n) is 11.8. The van der Waals surface area contributed by atoms with E-state index in [0.29, 0.717) is 23.9 Å². The highest BCUT2D eigenvalue weighted by molar-refractivity contribution is 9.10. The summed E-state index contributed by atoms with van der Waals surface area (Å²) in [5.74, 6) is 1.73. The molecule has 1 aromatic heterocycles. The molecule has 0 amide bonds. The average molecular weight is 361 g/mol. The van der Waals surface area contributed by atoms with Gasteiger partial charge < -0.3 is 9.47 Å². The fourth-order valence-electron chi connectivity index (χ4n) is 2.00. The quantitative estimate of drug-likeness (QED) is 0.756. The van der Waals surface area contributed by atoms with Gasteiger partial charge in [0, 0.05) is 5.56 Å². The van der Waals surface area contributed by atoms with Crippen LogP contribution in [0, 0.1) is 0 Å². The van der Waals surface area contributed by atoms with Crippen LogP contribution >= 0.6 is 15.9 Å². The van der Waals surface area contributed by atoms with E-state index in [2.05, 4.69) is 36.6 Å². The molecule has 0 unspecified atom stereocenters. The van der Waals surface area contributed by atoms with Crippen molar-refractivity contribution in [2.45, 2.75) is 6.61 Å². The lowest BCUT2D eigenvalue weighted by Crippen LogP contribution is -1.99. The second kappa shape index (κ2) is 6.57. The number of aromatic amines is 1. The molecule has 6 nitrogen and oxygen atoms in total. The fourth-order valence-corrected chi connectivity index (χ4v) is 2.56. The molecule has 1 heterocycles. The molecule has 2 aromatic carbocycles. The molecule has 0 atom stereocenters. The molecule has 0 aliphatic heterocycles. The second-order valence-electron chi connectivity index (χ2n) is 4.50. The predicted octanol–water partition coefficient (Wildman–Crippen LogP) is 3.22. The number of aromatic nitrogens is 4. The Morgan fingerprint density at radius 1 is 1.18 bits per heavy atom. The third-order valence-electron chi connectivity index (χ3n) is 3.06. The van der Waals surface area contributed by atoms with Crippen molar-refractivity contribution in [2.24, 2.45) is 0 Å². The number of hydrogen-bond acceptors (Lipinski definition) is 5. The SMILES string of the molecule is COc1cc(-c2nn[nH]n2)cc(Br)c1OCc1ccccc1. The van der Waals surface area contributed by atoms with Crippen LogP contribution in [0.25, 0.3) is 11.4 Å². The minimum absolute atomic E-state index is 0.456. The Labute approximate surface area is 135 Å². The first kappa shape index (κ1) is 14.5. The molecule has 0 aliphatic carbocycles. The minimum Gasteiger partial charge on any atom is -0.493 e. The molecule has 22 heavy (non-hydrogen) atoms. The van der Waals surface area contributed by atoms with Gasteiger partial charge in [0.1, 0.15) is 6.61 Å². The van der Waals surface area contributed by atoms with Crippen LogP contribution in [0.2, 0.25) is 0 Å². The van der Waals surface area contributed by atoms with Gasteiger partial charge in [0.15, 0.2) is 11.5 Å². The average Bonchev–Trinajstić information content (AvgIpc) is 3.08. The molecule has 3 rings (SSSR count). The summed E-state index contributed by atoms with van der Waals surface area (Å²) in [7, 11) is 1.59. The maximum atomic E-state index is 5.88. The highest BCUT2D eigenvalue weighted by Crippen LogP contribution is 2.39. The lowest BCUT2D eigenvalue weighted by Gasteiger charge is -2.13. The molecule has 0 bridgehead atoms. The monoisotopic (exact) mass is 360 g/mol. The van der Waals surface area contributed by atoms with Gasteiger partial charge in [-0.25, -0.2) is 0 Å². The van der Waals surface area contributed by atoms with Crippen LogP contribution in [0.5, 0.6) is 11.5 Å². The normalized spacial score (nSPS) is 10.5. The van der Waals surface area contributed by atoms with Crippen LogP contribution in [0.1, 0.15) is 5.56 Å². The standard InChI is InChI=1S/C15H13BrN4O2/c1-21-13-8-11(15-17-19-20-18-15)7-12(16)14(13)22-9-10-5-3-2-4-6-10/h2-8H,9H2,1H3,(H,17,18,19,20). The number of ether oxygens (including phenoxy) is 2. The molecular formula is C15H13BrN4O2. The summed E-state index contributed by atoms with van der Waals surface area (Å²) < 4.78 is 12.1. The topological polar surface area (TPSA) is 72.9 Å². The van der Waals surface area contributed by atoms with Gasteiger partial charge in [-0.1, -0.05) is 30.3 Å². The van der Waals surface area contributed by atoms with Gasteiger partial charge in [-0.15, -0.1) is 10.2 Å². The van der Waals surface area contributed by atoms with E-state index >= 15 is 0 Å². The van der Waals surface area contributed by atoms with Crippen molar-refractivity contribution in [3.8, 4) is 22.9 Å². The third-order valence-corrected chi connectivity index (χ3v) is 3.65. The molecule has 0 saturated carbocycles. The molecule has 112 valence electrons. The van der Waals surface area contributed by atoms with Gasteiger partial charge in [-0.05, 0) is 38.8 Å². The molecule has 3 aromatic rings. The fraction of sp³-hybridized carbons (Fsp3) is 0.133. The van der Waals surface area contributed by atoms with Gasteiger partial charge in [0.25, 0.3) is 0 Å². The van der Waals surface area contributed by atoms with Gasteiger partial charge in [-0.2, -0.15) is 5.21 Å². The van der Waals surface area contributed by atoms with Gasteiger partial charge in [0.05, 0.1) is 11.6 Å². The van der Waals surface area contributed by atoms with Crippen molar-refractivity contribution in [2.75, 3.05) is 7.11 Å². The van der Waals surface area contributed by atoms with E-state index in [1.165, 1.54) is 0 Å². The highest BCUT2D eigenvalue weighted by atomic mass is 79.9. The molecule has 0 aliphatic rings. The van der Waals surface area contributed by atoms with Gasteiger partial charge in [-0.3, -0.25) is 0 Å². The summed E-state index contributed by atoms with van der Waals surface area (Å²) in [6, 6.07) is 13.6. The summed E-state index contributed by atoms with van der Waals surface area (Å²) >= 11 is 3.51. The molecule has 7 heteroatoms. The number of tetrazole rings is 1. The molecule has 0 radical (unpaired) electrons. The number of rotatable bonds is 5. The number of H-pyrrole nitrogens is 1. The van der Waals surface area contributed by atoms with Gasteiger partial charge >= 0.3 is 0 Å². The number of methoxy groups -OCH3 is 1. The number of nitrogens with zero attached hydrogens (tertiary/aromatic N) is 3. The Balaban J connectivity index is 1.87. The third kappa shape index (κ3) is 3.09. The van der Waals surface area contributed by atoms with Crippen LogP contribution in [-0.2, 0) is 6.61 Å². The lowest BCUT2D eigenvalue weighted by molar-refractivity contribution is 0.282. The first-order valence-electron chi connectivity index (χ1n) is 6.56. The van der Waals surface area contributed by atoms with E-state index in [4.69, 9.17) is 9.47 Å². The highest BCUT2D eigenvalue weighted by Gasteiger charge is 2.14. The number of nitrogens with one attached hydrogen (secondary N) is 1. The Bertz CT molecular complexity index is 748. The van der Waals surface area contributed by atoms with E-state index in [1.54, 1.807) is 7.11 Å². The Morgan fingerprint density at radius 3 is 2.68 bits per heavy atom. The van der Waals surface area contributed by atoms with Crippen molar-refractivity contribution in [1.82, 2.24) is 20.6 Å². The lowest BCUT2D eigenvalue weighted by atomic mass is 10.2. The summed E-state index contributed by atoms with van der Waals surface area (Å²) in [5, 5.41) is 13.9. The molecular weight excluding hydrogens is 348 g/mol. The first-order chi connectivity index (χ1) is 10.8.